The molecule has 31 heavy (non-hydrogen) atoms. The molecule has 0 unspecified atom stereocenters. The molecule has 0 aromatic rings. The second kappa shape index (κ2) is 6.87. The van der Waals surface area contributed by atoms with Gasteiger partial charge in [0, 0.05) is 29.1 Å². The van der Waals surface area contributed by atoms with Gasteiger partial charge < -0.3 is 9.84 Å². The van der Waals surface area contributed by atoms with E-state index >= 15 is 0 Å². The number of allylic oxidation sites excluding steroid dienone is 2. The van der Waals surface area contributed by atoms with Crippen molar-refractivity contribution in [2.24, 2.45) is 46.8 Å². The summed E-state index contributed by atoms with van der Waals surface area (Å²) in [5.74, 6) is -1.55. The van der Waals surface area contributed by atoms with Gasteiger partial charge in [0.05, 0.1) is 11.5 Å². The zero-order chi connectivity index (χ0) is 23.1. The van der Waals surface area contributed by atoms with Crippen LogP contribution >= 0.6 is 0 Å². The molecule has 8 atom stereocenters. The average Bonchev–Trinajstić information content (AvgIpc) is 3.07. The summed E-state index contributed by atoms with van der Waals surface area (Å²) < 4.78 is 6.27. The summed E-state index contributed by atoms with van der Waals surface area (Å²) in [7, 11) is 0. The van der Waals surface area contributed by atoms with E-state index in [0.717, 1.165) is 6.29 Å². The van der Waals surface area contributed by atoms with E-state index in [-0.39, 0.29) is 52.7 Å². The van der Waals surface area contributed by atoms with Crippen LogP contribution in [0.15, 0.2) is 23.3 Å². The van der Waals surface area contributed by atoms with E-state index in [0.29, 0.717) is 24.0 Å². The van der Waals surface area contributed by atoms with E-state index in [1.807, 2.05) is 39.8 Å². The number of fused-ring (bicyclic) bond motifs is 5. The lowest BCUT2D eigenvalue weighted by Gasteiger charge is -2.49. The highest BCUT2D eigenvalue weighted by molar-refractivity contribution is 6.00. The van der Waals surface area contributed by atoms with Crippen LogP contribution in [-0.4, -0.2) is 34.3 Å². The second-order valence-electron chi connectivity index (χ2n) is 11.5. The number of aliphatic hydroxyl groups is 1. The summed E-state index contributed by atoms with van der Waals surface area (Å²) in [4.78, 5) is 37.7. The molecule has 0 bridgehead atoms. The highest BCUT2D eigenvalue weighted by Gasteiger charge is 2.82. The Kier molecular flexibility index (Phi) is 4.98. The number of hydrogen-bond donors (Lipinski definition) is 1. The van der Waals surface area contributed by atoms with Crippen LogP contribution in [0.2, 0.25) is 0 Å². The van der Waals surface area contributed by atoms with Crippen LogP contribution in [0.5, 0.6) is 0 Å². The van der Waals surface area contributed by atoms with Gasteiger partial charge >= 0.3 is 5.97 Å². The van der Waals surface area contributed by atoms with Crippen LogP contribution < -0.4 is 0 Å². The molecule has 0 aromatic carbocycles. The predicted octanol–water partition coefficient (Wildman–Crippen LogP) is 3.89. The standard InChI is InChI=1S/C26H36O5/c1-13(2)16(5)23(29)31-25-11-15(4)26(30)19-8-14(3)21(28)18(19)9-17(12-27)10-20(26)22(25)24(25,6)7/h8,10,12-13,15-16,18-20,22,30H,9,11H2,1-7H3/t15-,16-,18-,19-,20+,22-,25+,26+/m1/s1. The molecule has 0 spiro atoms. The number of ketones is 1. The molecule has 4 aliphatic rings. The number of rotatable bonds is 4. The fourth-order valence-electron chi connectivity index (χ4n) is 7.00. The highest BCUT2D eigenvalue weighted by Crippen LogP contribution is 2.76. The first-order valence-corrected chi connectivity index (χ1v) is 11.7. The van der Waals surface area contributed by atoms with E-state index < -0.39 is 17.1 Å². The fourth-order valence-corrected chi connectivity index (χ4v) is 7.00. The van der Waals surface area contributed by atoms with Gasteiger partial charge in [-0.15, -0.1) is 0 Å². The maximum absolute atomic E-state index is 13.0. The van der Waals surface area contributed by atoms with Crippen LogP contribution in [-0.2, 0) is 19.1 Å². The molecule has 1 N–H and O–H groups in total. The number of aldehydes is 1. The molecule has 170 valence electrons. The molecule has 2 saturated carbocycles. The first-order chi connectivity index (χ1) is 14.3. The minimum Gasteiger partial charge on any atom is -0.458 e. The van der Waals surface area contributed by atoms with Crippen molar-refractivity contribution >= 4 is 18.0 Å². The summed E-state index contributed by atoms with van der Waals surface area (Å²) in [6, 6.07) is 0. The van der Waals surface area contributed by atoms with Gasteiger partial charge in [0.1, 0.15) is 11.9 Å². The molecule has 2 fully saturated rings. The SMILES string of the molecule is CC1=C[C@@H]2[C@@H](CC(C=O)=C[C@H]3[C@@H]4C(C)(C)[C@]4(OC(=O)[C@H](C)C(C)C)C[C@@H](C)[C@]23O)C1=O. The van der Waals surface area contributed by atoms with Crippen molar-refractivity contribution in [1.82, 2.24) is 0 Å². The number of carbonyl (C=O) groups excluding carboxylic acids is 3. The Balaban J connectivity index is 1.78. The van der Waals surface area contributed by atoms with Crippen LogP contribution in [0, 0.1) is 46.8 Å². The lowest BCUT2D eigenvalue weighted by Crippen LogP contribution is -2.56. The number of ether oxygens (including phenoxy) is 1. The quantitative estimate of drug-likeness (QED) is 0.543. The molecule has 0 radical (unpaired) electrons. The van der Waals surface area contributed by atoms with E-state index in [2.05, 4.69) is 13.8 Å². The first-order valence-electron chi connectivity index (χ1n) is 11.7. The zero-order valence-corrected chi connectivity index (χ0v) is 19.8. The van der Waals surface area contributed by atoms with Crippen LogP contribution in [0.25, 0.3) is 0 Å². The molecule has 5 heteroatoms. The minimum absolute atomic E-state index is 0.0307. The van der Waals surface area contributed by atoms with E-state index in [1.165, 1.54) is 0 Å². The number of Topliss-reactive ketones (excluding diaryl/α,β-unsaturated/α-hetero) is 1. The normalized spacial score (nSPS) is 43.6. The lowest BCUT2D eigenvalue weighted by molar-refractivity contribution is -0.177. The van der Waals surface area contributed by atoms with Gasteiger partial charge in [-0.1, -0.05) is 53.7 Å². The van der Waals surface area contributed by atoms with Gasteiger partial charge in [-0.2, -0.15) is 0 Å². The van der Waals surface area contributed by atoms with Crippen molar-refractivity contribution in [3.05, 3.63) is 23.3 Å². The molecule has 5 nitrogen and oxygen atoms in total. The van der Waals surface area contributed by atoms with Gasteiger partial charge in [0.15, 0.2) is 5.78 Å². The zero-order valence-electron chi connectivity index (χ0n) is 19.8. The Hall–Kier alpha value is -1.75. The maximum atomic E-state index is 13.0. The first kappa shape index (κ1) is 22.4. The molecule has 0 amide bonds. The molecular formula is C26H36O5. The van der Waals surface area contributed by atoms with Crippen molar-refractivity contribution < 1.29 is 24.2 Å². The Bertz CT molecular complexity index is 895. The molecule has 4 aliphatic carbocycles. The van der Waals surface area contributed by atoms with Crippen molar-refractivity contribution in [2.75, 3.05) is 0 Å². The molecule has 0 aromatic heterocycles. The topological polar surface area (TPSA) is 80.7 Å². The average molecular weight is 429 g/mol. The van der Waals surface area contributed by atoms with Crippen LogP contribution in [0.1, 0.15) is 61.3 Å². The molecule has 0 heterocycles. The predicted molar refractivity (Wildman–Crippen MR) is 117 cm³/mol. The summed E-state index contributed by atoms with van der Waals surface area (Å²) >= 11 is 0. The van der Waals surface area contributed by atoms with E-state index in [1.54, 1.807) is 6.92 Å². The van der Waals surface area contributed by atoms with Crippen molar-refractivity contribution in [3.8, 4) is 0 Å². The maximum Gasteiger partial charge on any atom is 0.309 e. The Morgan fingerprint density at radius 1 is 1.23 bits per heavy atom. The van der Waals surface area contributed by atoms with Crippen molar-refractivity contribution in [1.29, 1.82) is 0 Å². The van der Waals surface area contributed by atoms with Crippen LogP contribution in [0.4, 0.5) is 0 Å². The third kappa shape index (κ3) is 2.81. The Labute approximate surface area is 185 Å². The minimum atomic E-state index is -1.15. The monoisotopic (exact) mass is 428 g/mol. The van der Waals surface area contributed by atoms with Gasteiger partial charge in [-0.25, -0.2) is 0 Å². The second-order valence-corrected chi connectivity index (χ2v) is 11.5. The lowest BCUT2D eigenvalue weighted by atomic mass is 9.61. The number of hydrogen-bond acceptors (Lipinski definition) is 5. The highest BCUT2D eigenvalue weighted by atomic mass is 16.6. The summed E-state index contributed by atoms with van der Waals surface area (Å²) in [5, 5.41) is 12.2. The third-order valence-electron chi connectivity index (χ3n) is 9.36. The van der Waals surface area contributed by atoms with E-state index in [4.69, 9.17) is 4.74 Å². The number of esters is 1. The van der Waals surface area contributed by atoms with Gasteiger partial charge in [0.25, 0.3) is 0 Å². The fraction of sp³-hybridized carbons (Fsp3) is 0.731. The largest absolute Gasteiger partial charge is 0.458 e. The molecular weight excluding hydrogens is 392 g/mol. The van der Waals surface area contributed by atoms with Crippen molar-refractivity contribution in [3.63, 3.8) is 0 Å². The van der Waals surface area contributed by atoms with Crippen LogP contribution in [0.3, 0.4) is 0 Å². The summed E-state index contributed by atoms with van der Waals surface area (Å²) in [6.07, 6.45) is 5.56. The Morgan fingerprint density at radius 3 is 2.45 bits per heavy atom. The smallest absolute Gasteiger partial charge is 0.309 e. The van der Waals surface area contributed by atoms with Gasteiger partial charge in [-0.05, 0) is 42.7 Å². The summed E-state index contributed by atoms with van der Waals surface area (Å²) in [5.41, 5.74) is -0.893. The van der Waals surface area contributed by atoms with Gasteiger partial charge in [-0.3, -0.25) is 14.4 Å². The molecule has 0 aliphatic heterocycles. The van der Waals surface area contributed by atoms with Crippen molar-refractivity contribution in [2.45, 2.75) is 72.5 Å². The van der Waals surface area contributed by atoms with Gasteiger partial charge in [0.2, 0.25) is 0 Å². The molecule has 4 rings (SSSR count). The Morgan fingerprint density at radius 2 is 1.87 bits per heavy atom. The number of carbonyl (C=O) groups is 3. The third-order valence-corrected chi connectivity index (χ3v) is 9.36. The molecule has 0 saturated heterocycles. The summed E-state index contributed by atoms with van der Waals surface area (Å²) in [6.45, 7) is 13.9. The van der Waals surface area contributed by atoms with E-state index in [9.17, 15) is 19.5 Å².